The monoisotopic (exact) mass is 1600 g/mol. The van der Waals surface area contributed by atoms with E-state index in [0.717, 1.165) is 119 Å². The highest BCUT2D eigenvalue weighted by molar-refractivity contribution is 6.13. The first-order valence-electron chi connectivity index (χ1n) is 40.1. The first-order valence-corrected chi connectivity index (χ1v) is 40.1. The summed E-state index contributed by atoms with van der Waals surface area (Å²) in [4.78, 5) is 152. The number of phenols is 2. The van der Waals surface area contributed by atoms with Crippen LogP contribution in [-0.4, -0.2) is 122 Å². The van der Waals surface area contributed by atoms with Crippen LogP contribution in [0, 0.1) is 62.7 Å². The molecule has 117 heavy (non-hydrogen) atoms. The second-order valence-electron chi connectivity index (χ2n) is 32.1. The van der Waals surface area contributed by atoms with Gasteiger partial charge < -0.3 is 39.7 Å². The van der Waals surface area contributed by atoms with Crippen molar-refractivity contribution in [2.75, 3.05) is 19.8 Å². The van der Waals surface area contributed by atoms with Crippen molar-refractivity contribution in [2.24, 2.45) is 28.1 Å². The van der Waals surface area contributed by atoms with Gasteiger partial charge in [0.25, 0.3) is 0 Å². The van der Waals surface area contributed by atoms with Crippen molar-refractivity contribution in [3.05, 3.63) is 245 Å². The molecule has 7 aromatic carbocycles. The fourth-order valence-corrected chi connectivity index (χ4v) is 16.1. The first-order chi connectivity index (χ1) is 55.4. The fourth-order valence-electron chi connectivity index (χ4n) is 16.1. The molecule has 5 N–H and O–H groups in total. The zero-order valence-corrected chi connectivity index (χ0v) is 68.9. The number of ether oxygens (including phenoxy) is 3. The Hall–Kier alpha value is -11.6. The van der Waals surface area contributed by atoms with Crippen LogP contribution < -0.4 is 0 Å². The molecule has 21 heteroatoms. The second kappa shape index (κ2) is 40.8. The van der Waals surface area contributed by atoms with Gasteiger partial charge in [-0.2, -0.15) is 0 Å². The maximum Gasteiger partial charge on any atom is 0.328 e. The Balaban J connectivity index is 0.000000171. The van der Waals surface area contributed by atoms with Crippen LogP contribution in [0.1, 0.15) is 264 Å². The molecule has 7 aliphatic carbocycles. The van der Waals surface area contributed by atoms with Crippen molar-refractivity contribution < 1.29 is 102 Å². The van der Waals surface area contributed by atoms with E-state index in [0.29, 0.717) is 98.4 Å². The van der Waals surface area contributed by atoms with E-state index in [9.17, 15) is 72.5 Å². The van der Waals surface area contributed by atoms with Gasteiger partial charge in [-0.1, -0.05) is 140 Å². The number of carbonyl (C=O) groups is 13. The van der Waals surface area contributed by atoms with Gasteiger partial charge in [-0.15, -0.1) is 0 Å². The van der Waals surface area contributed by atoms with Crippen molar-refractivity contribution in [3.8, 4) is 11.5 Å². The molecule has 14 rings (SSSR count). The van der Waals surface area contributed by atoms with E-state index in [1.54, 1.807) is 58.0 Å². The average molecular weight is 1600 g/mol. The number of carboxylic acid groups (broad SMARTS) is 3. The molecular weight excluding hydrogens is 1490 g/mol. The number of aromatic hydroxyl groups is 2. The molecule has 0 radical (unpaired) electrons. The molecule has 0 aliphatic heterocycles. The maximum atomic E-state index is 12.6. The molecule has 0 aromatic heterocycles. The van der Waals surface area contributed by atoms with Gasteiger partial charge >= 0.3 is 35.8 Å². The Labute approximate surface area is 683 Å². The highest BCUT2D eigenvalue weighted by Crippen LogP contribution is 2.43. The van der Waals surface area contributed by atoms with Gasteiger partial charge in [0, 0.05) is 85.1 Å². The van der Waals surface area contributed by atoms with Gasteiger partial charge in [0.15, 0.2) is 40.5 Å². The number of phenolic OH excluding ortho intramolecular Hbond substituents is 2. The van der Waals surface area contributed by atoms with E-state index in [2.05, 4.69) is 25.1 Å². The van der Waals surface area contributed by atoms with Crippen molar-refractivity contribution in [1.29, 1.82) is 0 Å². The third-order valence-corrected chi connectivity index (χ3v) is 22.5. The summed E-state index contributed by atoms with van der Waals surface area (Å²) in [5.41, 5.74) is 16.3. The summed E-state index contributed by atoms with van der Waals surface area (Å²) >= 11 is 0. The van der Waals surface area contributed by atoms with Crippen molar-refractivity contribution >= 4 is 76.3 Å². The molecule has 7 aliphatic rings. The third-order valence-electron chi connectivity index (χ3n) is 22.5. The number of carbonyl (C=O) groups excluding carboxylic acids is 10. The van der Waals surface area contributed by atoms with E-state index in [-0.39, 0.29) is 108 Å². The fraction of sp³-hybridized carbons (Fsp3) is 0.406. The standard InChI is InChI=1S/C16H20O3.C15H18O4.C15H18O3.C13H14O4.C13H14O3.C13H12O3.C11H12O/c1-4-19-14(17)10-16(3)8-7-12-9-11(2)5-6-13(12)15(16)18;1-3-19-13(17)9-15(2)7-6-10-8-11(16)4-5-12(10)14(15)18;1-3-18-14(16)9-12-6-5-11-8-10(2)4-7-13(11)15(12)17;1-13(7-11(15)16)5-4-8-6-9(14)2-3-10(8)12(13)17;2*1-8-2-5-11-9(6-8)3-4-10(13(11)16)7-12(14)15;1-8-5-6-10-9(7-8)3-2-4-11(10)12/h5-6,9H,4,7-8,10H2,1-3H3;4-5,8,16H,3,6-7,9H2,1-2H3;4,7-8,12H,3,5-6,9H2,1-2H3;2-3,6,14H,4-5,7H2,1H3,(H,15,16);2,5-6,10H,3-4,7H2,1H3,(H,14,15);2,5-7H,3-4H2,1H3,(H,14,15);5-7H,2-4H2,1H3/b;;;;;10-7+;. The quantitative estimate of drug-likeness (QED) is 0.0383. The Morgan fingerprint density at radius 1 is 0.376 bits per heavy atom. The molecule has 7 aromatic rings. The number of carboxylic acids is 3. The van der Waals surface area contributed by atoms with Gasteiger partial charge in [-0.3, -0.25) is 57.5 Å². The molecule has 0 amide bonds. The molecule has 5 unspecified atom stereocenters. The predicted octanol–water partition coefficient (Wildman–Crippen LogP) is 17.1. The summed E-state index contributed by atoms with van der Waals surface area (Å²) in [6.45, 7) is 21.8. The molecule has 0 fully saturated rings. The zero-order chi connectivity index (χ0) is 85.8. The number of benzene rings is 7. The topological polar surface area (TPSA) is 351 Å². The minimum absolute atomic E-state index is 0.0105. The van der Waals surface area contributed by atoms with E-state index in [4.69, 9.17) is 29.5 Å². The zero-order valence-electron chi connectivity index (χ0n) is 68.9. The molecular formula is C96H108O21. The summed E-state index contributed by atoms with van der Waals surface area (Å²) < 4.78 is 14.8. The highest BCUT2D eigenvalue weighted by atomic mass is 16.5. The van der Waals surface area contributed by atoms with Gasteiger partial charge in [-0.05, 0) is 221 Å². The molecule has 0 bridgehead atoms. The smallest absolute Gasteiger partial charge is 0.328 e. The van der Waals surface area contributed by atoms with E-state index >= 15 is 0 Å². The summed E-state index contributed by atoms with van der Waals surface area (Å²) in [5.74, 6) is -3.90. The normalized spacial score (nSPS) is 20.0. The van der Waals surface area contributed by atoms with Crippen LogP contribution in [0.25, 0.3) is 0 Å². The second-order valence-corrected chi connectivity index (χ2v) is 32.1. The van der Waals surface area contributed by atoms with E-state index in [1.165, 1.54) is 34.4 Å². The number of aryl methyl sites for hydroxylation is 12. The molecule has 0 spiro atoms. The minimum atomic E-state index is -1.06. The van der Waals surface area contributed by atoms with Gasteiger partial charge in [0.2, 0.25) is 0 Å². The number of esters is 3. The van der Waals surface area contributed by atoms with Crippen molar-refractivity contribution in [2.45, 2.75) is 205 Å². The summed E-state index contributed by atoms with van der Waals surface area (Å²) in [5, 5.41) is 45.0. The van der Waals surface area contributed by atoms with Gasteiger partial charge in [0.1, 0.15) is 11.5 Å². The number of hydrogen-bond donors (Lipinski definition) is 5. The van der Waals surface area contributed by atoms with Gasteiger partial charge in [-0.25, -0.2) is 4.79 Å². The number of allylic oxidation sites excluding steroid dienone is 1. The van der Waals surface area contributed by atoms with Gasteiger partial charge in [0.05, 0.1) is 51.9 Å². The SMILES string of the molecule is CC1(CC(=O)O)CCc2cc(O)ccc2C1=O.CCOC(=O)CC1(C)CCc2cc(C)ccc2C1=O.CCOC(=O)CC1(C)CCc2cc(O)ccc2C1=O.CCOC(=O)CC1CCc2cc(C)ccc2C1=O.Cc1ccc2c(c1)CC/C(=C\C(=O)O)C2=O.Cc1ccc2c(c1)CCC(CC(=O)O)C2=O.Cc1ccc2c(c1)CCCC2=O. The lowest BCUT2D eigenvalue weighted by molar-refractivity contribution is -0.146. The molecule has 0 saturated heterocycles. The molecule has 0 saturated carbocycles. The van der Waals surface area contributed by atoms with Crippen LogP contribution >= 0.6 is 0 Å². The first kappa shape index (κ1) is 90.9. The number of aliphatic carboxylic acids is 3. The summed E-state index contributed by atoms with van der Waals surface area (Å²) in [7, 11) is 0. The Bertz CT molecular complexity index is 4920. The number of hydrogen-bond acceptors (Lipinski definition) is 18. The van der Waals surface area contributed by atoms with E-state index < -0.39 is 34.2 Å². The number of ketones is 7. The van der Waals surface area contributed by atoms with Crippen LogP contribution in [0.5, 0.6) is 11.5 Å². The minimum Gasteiger partial charge on any atom is -0.508 e. The van der Waals surface area contributed by atoms with Crippen LogP contribution in [0.4, 0.5) is 0 Å². The lowest BCUT2D eigenvalue weighted by Gasteiger charge is -2.32. The number of Topliss-reactive ketones (excluding diaryl/α,β-unsaturated/α-hetero) is 7. The summed E-state index contributed by atoms with van der Waals surface area (Å²) in [6.07, 6.45) is 12.4. The molecule has 618 valence electrons. The van der Waals surface area contributed by atoms with Crippen LogP contribution in [0.2, 0.25) is 0 Å². The van der Waals surface area contributed by atoms with Crippen molar-refractivity contribution in [1.82, 2.24) is 0 Å². The maximum absolute atomic E-state index is 12.6. The average Bonchev–Trinajstić information content (AvgIpc) is 0.781. The Kier molecular flexibility index (Phi) is 31.7. The number of rotatable bonds is 14. The van der Waals surface area contributed by atoms with E-state index in [1.807, 2.05) is 108 Å². The number of fused-ring (bicyclic) bond motifs is 7. The highest BCUT2D eigenvalue weighted by Gasteiger charge is 2.43. The predicted molar refractivity (Wildman–Crippen MR) is 441 cm³/mol. The molecule has 21 nitrogen and oxygen atoms in total. The largest absolute Gasteiger partial charge is 0.508 e. The van der Waals surface area contributed by atoms with Crippen LogP contribution in [0.3, 0.4) is 0 Å². The Morgan fingerprint density at radius 3 is 1.12 bits per heavy atom. The lowest BCUT2D eigenvalue weighted by Crippen LogP contribution is -2.36. The van der Waals surface area contributed by atoms with Crippen molar-refractivity contribution in [3.63, 3.8) is 0 Å². The Morgan fingerprint density at radius 2 is 0.718 bits per heavy atom. The third kappa shape index (κ3) is 24.3. The van der Waals surface area contributed by atoms with Crippen LogP contribution in [-0.2, 0) is 87.9 Å². The molecule has 0 heterocycles. The summed E-state index contributed by atoms with van der Waals surface area (Å²) in [6, 6.07) is 38.7. The van der Waals surface area contributed by atoms with Crippen LogP contribution in [0.15, 0.2) is 139 Å². The lowest BCUT2D eigenvalue weighted by atomic mass is 9.70. The molecule has 5 atom stereocenters.